The molecule has 94 valence electrons. The smallest absolute Gasteiger partial charge is 0.115 e. The normalized spacial score (nSPS) is 11.2. The molecule has 2 aromatic rings. The number of benzene rings is 2. The van der Waals surface area contributed by atoms with E-state index in [0.29, 0.717) is 0 Å². The molecule has 0 saturated heterocycles. The summed E-state index contributed by atoms with van der Waals surface area (Å²) in [5.41, 5.74) is 0. The molecule has 0 aliphatic heterocycles. The molecule has 0 aliphatic carbocycles. The Morgan fingerprint density at radius 2 is 1.17 bits per heavy atom. The summed E-state index contributed by atoms with van der Waals surface area (Å²) in [6.45, 7) is 1.99. The maximum atomic E-state index is 9.35. The molecular formula is C15H16O2S. The van der Waals surface area contributed by atoms with Crippen LogP contribution >= 0.6 is 9.21 Å². The van der Waals surface area contributed by atoms with Crippen molar-refractivity contribution in [2.75, 3.05) is 0 Å². The average molecular weight is 260 g/mol. The minimum Gasteiger partial charge on any atom is -0.508 e. The van der Waals surface area contributed by atoms with Crippen molar-refractivity contribution in [2.45, 2.75) is 16.7 Å². The topological polar surface area (TPSA) is 40.5 Å². The molecule has 0 aromatic heterocycles. The average Bonchev–Trinajstić information content (AvgIpc) is 2.39. The molecule has 2 rings (SSSR count). The number of hydrogen-bond acceptors (Lipinski definition) is 2. The van der Waals surface area contributed by atoms with Crippen LogP contribution in [0, 0.1) is 0 Å². The first kappa shape index (κ1) is 12.6. The van der Waals surface area contributed by atoms with E-state index in [4.69, 9.17) is 0 Å². The number of aromatic hydroxyl groups is 2. The van der Waals surface area contributed by atoms with Crippen LogP contribution in [0.1, 0.15) is 6.92 Å². The zero-order valence-electron chi connectivity index (χ0n) is 10.2. The lowest BCUT2D eigenvalue weighted by atomic mass is 10.3. The fourth-order valence-corrected chi connectivity index (χ4v) is 3.85. The number of rotatable bonds is 2. The van der Waals surface area contributed by atoms with Gasteiger partial charge in [0, 0.05) is 9.79 Å². The molecule has 2 N–H and O–H groups in total. The third-order valence-electron chi connectivity index (χ3n) is 2.92. The van der Waals surface area contributed by atoms with E-state index in [-0.39, 0.29) is 11.5 Å². The molecule has 0 aliphatic rings. The summed E-state index contributed by atoms with van der Waals surface area (Å²) in [5, 5.41) is 20.8. The number of phenols is 2. The molecule has 0 unspecified atom stereocenters. The third-order valence-corrected chi connectivity index (χ3v) is 5.95. The van der Waals surface area contributed by atoms with Crippen LogP contribution in [0.5, 0.6) is 11.5 Å². The Hall–Kier alpha value is -1.87. The second-order valence-corrected chi connectivity index (χ2v) is 7.02. The van der Waals surface area contributed by atoms with Gasteiger partial charge in [0.15, 0.2) is 0 Å². The van der Waals surface area contributed by atoms with Crippen molar-refractivity contribution >= 4 is 20.4 Å². The summed E-state index contributed by atoms with van der Waals surface area (Å²) < 4.78 is 0. The van der Waals surface area contributed by atoms with Gasteiger partial charge in [0.2, 0.25) is 0 Å². The minimum absolute atomic E-state index is 0.252. The van der Waals surface area contributed by atoms with Crippen LogP contribution in [0.2, 0.25) is 0 Å². The van der Waals surface area contributed by atoms with Gasteiger partial charge in [-0.1, -0.05) is 11.2 Å². The fourth-order valence-electron chi connectivity index (χ4n) is 1.79. The first-order valence-electron chi connectivity index (χ1n) is 5.60. The van der Waals surface area contributed by atoms with Crippen LogP contribution in [0.4, 0.5) is 0 Å². The fraction of sp³-hybridized carbons (Fsp3) is 0.0667. The van der Waals surface area contributed by atoms with Crippen LogP contribution in [-0.2, 0) is 0 Å². The van der Waals surface area contributed by atoms with Crippen molar-refractivity contribution in [3.05, 3.63) is 48.5 Å². The monoisotopic (exact) mass is 260 g/mol. The second kappa shape index (κ2) is 4.78. The molecule has 0 bridgehead atoms. The van der Waals surface area contributed by atoms with E-state index >= 15 is 0 Å². The van der Waals surface area contributed by atoms with E-state index < -0.39 is 9.21 Å². The highest BCUT2D eigenvalue weighted by Gasteiger charge is 2.07. The van der Waals surface area contributed by atoms with Crippen molar-refractivity contribution < 1.29 is 10.2 Å². The predicted octanol–water partition coefficient (Wildman–Crippen LogP) is 3.57. The molecule has 3 heteroatoms. The van der Waals surface area contributed by atoms with Crippen LogP contribution in [0.25, 0.3) is 0 Å². The Labute approximate surface area is 108 Å². The van der Waals surface area contributed by atoms with E-state index in [1.54, 1.807) is 24.3 Å². The van der Waals surface area contributed by atoms with Crippen LogP contribution in [0.3, 0.4) is 0 Å². The van der Waals surface area contributed by atoms with E-state index in [0.717, 1.165) is 9.79 Å². The highest BCUT2D eigenvalue weighted by atomic mass is 32.2. The van der Waals surface area contributed by atoms with Gasteiger partial charge in [-0.3, -0.25) is 0 Å². The van der Waals surface area contributed by atoms with E-state index in [1.807, 2.05) is 31.2 Å². The Morgan fingerprint density at radius 1 is 0.833 bits per heavy atom. The maximum absolute atomic E-state index is 9.35. The van der Waals surface area contributed by atoms with Crippen LogP contribution in [0.15, 0.2) is 58.3 Å². The summed E-state index contributed by atoms with van der Waals surface area (Å²) in [6.07, 6.45) is 0. The van der Waals surface area contributed by atoms with Gasteiger partial charge in [0.05, 0.1) is 0 Å². The van der Waals surface area contributed by atoms with Gasteiger partial charge in [-0.05, 0) is 55.5 Å². The molecule has 0 radical (unpaired) electrons. The Balaban J connectivity index is 2.59. The highest BCUT2D eigenvalue weighted by molar-refractivity contribution is 8.28. The SMILES string of the molecule is C=S(=CC)(c1ccc(O)cc1)c1ccc(O)cc1. The lowest BCUT2D eigenvalue weighted by molar-refractivity contribution is 0.474. The van der Waals surface area contributed by atoms with Gasteiger partial charge >= 0.3 is 0 Å². The lowest BCUT2D eigenvalue weighted by Crippen LogP contribution is -1.86. The summed E-state index contributed by atoms with van der Waals surface area (Å²) >= 11 is 0. The molecule has 0 atom stereocenters. The first-order valence-corrected chi connectivity index (χ1v) is 7.47. The molecule has 0 saturated carbocycles. The van der Waals surface area contributed by atoms with Crippen molar-refractivity contribution in [2.24, 2.45) is 0 Å². The molecule has 2 nitrogen and oxygen atoms in total. The van der Waals surface area contributed by atoms with Gasteiger partial charge in [-0.25, -0.2) is 0 Å². The summed E-state index contributed by atoms with van der Waals surface area (Å²) in [6, 6.07) is 14.3. The van der Waals surface area contributed by atoms with Gasteiger partial charge < -0.3 is 10.2 Å². The van der Waals surface area contributed by atoms with Gasteiger partial charge in [0.25, 0.3) is 0 Å². The standard InChI is InChI=1S/C15H16O2S/c1-3-18(2,14-8-4-12(16)5-9-14)15-10-6-13(17)7-11-15/h3-11,16-17H,2H2,1H3. The summed E-state index contributed by atoms with van der Waals surface area (Å²) in [7, 11) is -1.47. The van der Waals surface area contributed by atoms with E-state index in [2.05, 4.69) is 11.2 Å². The molecular weight excluding hydrogens is 244 g/mol. The quantitative estimate of drug-likeness (QED) is 0.810. The van der Waals surface area contributed by atoms with Gasteiger partial charge in [-0.15, -0.1) is 0 Å². The predicted molar refractivity (Wildman–Crippen MR) is 79.2 cm³/mol. The van der Waals surface area contributed by atoms with E-state index in [9.17, 15) is 10.2 Å². The van der Waals surface area contributed by atoms with Crippen molar-refractivity contribution in [1.82, 2.24) is 0 Å². The highest BCUT2D eigenvalue weighted by Crippen LogP contribution is 2.42. The zero-order valence-corrected chi connectivity index (χ0v) is 11.0. The zero-order chi connectivity index (χ0) is 13.2. The molecule has 18 heavy (non-hydrogen) atoms. The van der Waals surface area contributed by atoms with Crippen molar-refractivity contribution in [3.63, 3.8) is 0 Å². The number of hydrogen-bond donors (Lipinski definition) is 2. The maximum Gasteiger partial charge on any atom is 0.115 e. The van der Waals surface area contributed by atoms with Crippen molar-refractivity contribution in [3.8, 4) is 11.5 Å². The Bertz CT molecular complexity index is 594. The second-order valence-electron chi connectivity index (χ2n) is 4.02. The third kappa shape index (κ3) is 2.22. The summed E-state index contributed by atoms with van der Waals surface area (Å²) in [4.78, 5) is 2.15. The van der Waals surface area contributed by atoms with Crippen LogP contribution < -0.4 is 0 Å². The molecule has 0 fully saturated rings. The van der Waals surface area contributed by atoms with Gasteiger partial charge in [0.1, 0.15) is 11.5 Å². The van der Waals surface area contributed by atoms with E-state index in [1.165, 1.54) is 0 Å². The Morgan fingerprint density at radius 3 is 1.44 bits per heavy atom. The largest absolute Gasteiger partial charge is 0.508 e. The summed E-state index contributed by atoms with van der Waals surface area (Å²) in [5.74, 6) is 4.86. The molecule has 0 heterocycles. The molecule has 2 aromatic carbocycles. The number of phenolic OH excluding ortho intramolecular Hbond substituents is 2. The first-order chi connectivity index (χ1) is 8.56. The Kier molecular flexibility index (Phi) is 3.34. The van der Waals surface area contributed by atoms with Gasteiger partial charge in [-0.2, -0.15) is 9.21 Å². The van der Waals surface area contributed by atoms with Crippen molar-refractivity contribution in [1.29, 1.82) is 0 Å². The molecule has 0 spiro atoms. The minimum atomic E-state index is -1.47. The molecule has 0 amide bonds. The lowest BCUT2D eigenvalue weighted by Gasteiger charge is -2.17. The van der Waals surface area contributed by atoms with Crippen LogP contribution in [-0.4, -0.2) is 21.5 Å².